The van der Waals surface area contributed by atoms with Crippen LogP contribution in [0.25, 0.3) is 10.9 Å². The summed E-state index contributed by atoms with van der Waals surface area (Å²) >= 11 is 0. The number of aromatic nitrogens is 1. The Hall–Kier alpha value is -2.17. The first-order valence-corrected chi connectivity index (χ1v) is 7.20. The highest BCUT2D eigenvalue weighted by Crippen LogP contribution is 2.45. The summed E-state index contributed by atoms with van der Waals surface area (Å²) in [6.45, 7) is 4.21. The van der Waals surface area contributed by atoms with Gasteiger partial charge in [-0.3, -0.25) is 14.9 Å². The Labute approximate surface area is 122 Å². The van der Waals surface area contributed by atoms with Gasteiger partial charge in [0, 0.05) is 18.2 Å². The van der Waals surface area contributed by atoms with Gasteiger partial charge in [-0.05, 0) is 24.3 Å². The first-order valence-electron chi connectivity index (χ1n) is 7.20. The molecule has 0 bridgehead atoms. The smallest absolute Gasteiger partial charge is 0.279 e. The van der Waals surface area contributed by atoms with Crippen LogP contribution in [0.5, 0.6) is 0 Å². The Balaban J connectivity index is 2.13. The van der Waals surface area contributed by atoms with Gasteiger partial charge in [-0.1, -0.05) is 26.3 Å². The summed E-state index contributed by atoms with van der Waals surface area (Å²) in [5.74, 6) is -0.0330. The van der Waals surface area contributed by atoms with Crippen LogP contribution in [-0.2, 0) is 0 Å². The van der Waals surface area contributed by atoms with Crippen molar-refractivity contribution in [1.29, 1.82) is 0 Å². The molecule has 1 heterocycles. The molecule has 5 nitrogen and oxygen atoms in total. The molecule has 1 aromatic carbocycles. The number of non-ortho nitro benzene ring substituents is 1. The Morgan fingerprint density at radius 2 is 2.19 bits per heavy atom. The van der Waals surface area contributed by atoms with Crippen LogP contribution in [0.4, 0.5) is 5.69 Å². The number of hydrogen-bond donors (Lipinski definition) is 1. The molecule has 1 fully saturated rings. The van der Waals surface area contributed by atoms with E-state index in [1.54, 1.807) is 18.3 Å². The quantitative estimate of drug-likeness (QED) is 0.524. The van der Waals surface area contributed by atoms with Crippen LogP contribution in [0.1, 0.15) is 43.5 Å². The van der Waals surface area contributed by atoms with Gasteiger partial charge in [0.2, 0.25) is 0 Å². The number of aromatic amines is 1. The normalized spacial score (nSPS) is 20.8. The van der Waals surface area contributed by atoms with Crippen molar-refractivity contribution in [2.45, 2.75) is 33.1 Å². The van der Waals surface area contributed by atoms with Gasteiger partial charge in [0.05, 0.1) is 21.4 Å². The summed E-state index contributed by atoms with van der Waals surface area (Å²) in [5, 5.41) is 11.7. The predicted octanol–water partition coefficient (Wildman–Crippen LogP) is 4.09. The third-order valence-electron chi connectivity index (χ3n) is 4.72. The lowest BCUT2D eigenvalue weighted by Gasteiger charge is -2.25. The first kappa shape index (κ1) is 13.8. The number of H-pyrrole nitrogens is 1. The maximum atomic E-state index is 12.9. The molecule has 110 valence electrons. The predicted molar refractivity (Wildman–Crippen MR) is 80.4 cm³/mol. The van der Waals surface area contributed by atoms with Gasteiger partial charge in [0.15, 0.2) is 5.78 Å². The SMILES string of the molecule is CC1(C)CCCC1C(=O)c1c[nH]c2cccc([N+](=O)[O-])c12. The molecule has 0 spiro atoms. The third kappa shape index (κ3) is 2.13. The fourth-order valence-corrected chi connectivity index (χ4v) is 3.51. The second kappa shape index (κ2) is 4.69. The molecular formula is C16H18N2O3. The molecule has 21 heavy (non-hydrogen) atoms. The zero-order valence-electron chi connectivity index (χ0n) is 12.2. The number of nitro groups is 1. The highest BCUT2D eigenvalue weighted by atomic mass is 16.6. The van der Waals surface area contributed by atoms with Crippen LogP contribution in [-0.4, -0.2) is 15.7 Å². The largest absolute Gasteiger partial charge is 0.360 e. The molecular weight excluding hydrogens is 268 g/mol. The number of nitro benzene ring substituents is 1. The van der Waals surface area contributed by atoms with E-state index in [0.29, 0.717) is 16.5 Å². The third-order valence-corrected chi connectivity index (χ3v) is 4.72. The van der Waals surface area contributed by atoms with Gasteiger partial charge in [-0.2, -0.15) is 0 Å². The zero-order valence-corrected chi connectivity index (χ0v) is 12.2. The number of fused-ring (bicyclic) bond motifs is 1. The maximum absolute atomic E-state index is 12.9. The van der Waals surface area contributed by atoms with Crippen LogP contribution in [0.2, 0.25) is 0 Å². The minimum atomic E-state index is -0.424. The van der Waals surface area contributed by atoms with Gasteiger partial charge in [0.25, 0.3) is 5.69 Å². The summed E-state index contributed by atoms with van der Waals surface area (Å²) < 4.78 is 0. The summed E-state index contributed by atoms with van der Waals surface area (Å²) in [6, 6.07) is 4.84. The molecule has 0 amide bonds. The minimum absolute atomic E-state index is 0.00657. The molecule has 3 rings (SSSR count). The molecule has 0 saturated heterocycles. The zero-order chi connectivity index (χ0) is 15.2. The van der Waals surface area contributed by atoms with Gasteiger partial charge < -0.3 is 4.98 Å². The number of carbonyl (C=O) groups is 1. The minimum Gasteiger partial charge on any atom is -0.360 e. The number of benzene rings is 1. The van der Waals surface area contributed by atoms with E-state index in [1.807, 2.05) is 0 Å². The van der Waals surface area contributed by atoms with Crippen LogP contribution in [0.3, 0.4) is 0 Å². The van der Waals surface area contributed by atoms with Gasteiger partial charge >= 0.3 is 0 Å². The fraction of sp³-hybridized carbons (Fsp3) is 0.438. The van der Waals surface area contributed by atoms with Gasteiger partial charge in [-0.25, -0.2) is 0 Å². The van der Waals surface area contributed by atoms with Crippen molar-refractivity contribution in [3.63, 3.8) is 0 Å². The van der Waals surface area contributed by atoms with E-state index >= 15 is 0 Å². The summed E-state index contributed by atoms with van der Waals surface area (Å²) in [6.07, 6.45) is 4.54. The van der Waals surface area contributed by atoms with Gasteiger partial charge in [-0.15, -0.1) is 0 Å². The molecule has 5 heteroatoms. The number of nitrogens with zero attached hydrogens (tertiary/aromatic N) is 1. The first-order chi connectivity index (χ1) is 9.92. The summed E-state index contributed by atoms with van der Waals surface area (Å²) in [5.41, 5.74) is 1.05. The van der Waals surface area contributed by atoms with Crippen molar-refractivity contribution < 1.29 is 9.72 Å². The van der Waals surface area contributed by atoms with E-state index in [0.717, 1.165) is 19.3 Å². The van der Waals surface area contributed by atoms with Crippen LogP contribution < -0.4 is 0 Å². The average molecular weight is 286 g/mol. The van der Waals surface area contributed by atoms with Gasteiger partial charge in [0.1, 0.15) is 0 Å². The lowest BCUT2D eigenvalue weighted by molar-refractivity contribution is -0.383. The van der Waals surface area contributed by atoms with Crippen molar-refractivity contribution in [1.82, 2.24) is 4.98 Å². The van der Waals surface area contributed by atoms with E-state index < -0.39 is 4.92 Å². The van der Waals surface area contributed by atoms with E-state index in [2.05, 4.69) is 18.8 Å². The van der Waals surface area contributed by atoms with E-state index in [4.69, 9.17) is 0 Å². The molecule has 1 atom stereocenters. The fourth-order valence-electron chi connectivity index (χ4n) is 3.51. The van der Waals surface area contributed by atoms with Crippen molar-refractivity contribution in [3.8, 4) is 0 Å². The lowest BCUT2D eigenvalue weighted by Crippen LogP contribution is -2.25. The number of Topliss-reactive ketones (excluding diaryl/α,β-unsaturated/α-hetero) is 1. The van der Waals surface area contributed by atoms with E-state index in [9.17, 15) is 14.9 Å². The molecule has 2 aromatic rings. The van der Waals surface area contributed by atoms with Crippen molar-refractivity contribution in [2.75, 3.05) is 0 Å². The highest BCUT2D eigenvalue weighted by Gasteiger charge is 2.40. The van der Waals surface area contributed by atoms with Crippen molar-refractivity contribution in [2.24, 2.45) is 11.3 Å². The number of carbonyl (C=O) groups excluding carboxylic acids is 1. The van der Waals surface area contributed by atoms with E-state index in [1.165, 1.54) is 6.07 Å². The second-order valence-electron chi connectivity index (χ2n) is 6.46. The molecule has 1 N–H and O–H groups in total. The summed E-state index contributed by atoms with van der Waals surface area (Å²) in [7, 11) is 0. The van der Waals surface area contributed by atoms with Crippen LogP contribution >= 0.6 is 0 Å². The number of ketones is 1. The molecule has 1 aliphatic rings. The lowest BCUT2D eigenvalue weighted by atomic mass is 9.77. The van der Waals surface area contributed by atoms with Crippen LogP contribution in [0.15, 0.2) is 24.4 Å². The Morgan fingerprint density at radius 1 is 1.43 bits per heavy atom. The molecule has 0 radical (unpaired) electrons. The number of nitrogens with one attached hydrogen (secondary N) is 1. The molecule has 1 aromatic heterocycles. The van der Waals surface area contributed by atoms with E-state index in [-0.39, 0.29) is 22.8 Å². The molecule has 0 aliphatic heterocycles. The van der Waals surface area contributed by atoms with Crippen LogP contribution in [0, 0.1) is 21.4 Å². The molecule has 1 unspecified atom stereocenters. The Bertz CT molecular complexity index is 730. The highest BCUT2D eigenvalue weighted by molar-refractivity contribution is 6.12. The van der Waals surface area contributed by atoms with Crippen molar-refractivity contribution in [3.05, 3.63) is 40.1 Å². The molecule has 1 aliphatic carbocycles. The topological polar surface area (TPSA) is 76.0 Å². The number of rotatable bonds is 3. The second-order valence-corrected chi connectivity index (χ2v) is 6.46. The number of hydrogen-bond acceptors (Lipinski definition) is 3. The standard InChI is InChI=1S/C16H18N2O3/c1-16(2)8-4-5-11(16)15(19)10-9-17-12-6-3-7-13(14(10)12)18(20)21/h3,6-7,9,11,17H,4-5,8H2,1-2H3. The average Bonchev–Trinajstić information content (AvgIpc) is 3.00. The van der Waals surface area contributed by atoms with Crippen molar-refractivity contribution >= 4 is 22.4 Å². The maximum Gasteiger partial charge on any atom is 0.279 e. The monoisotopic (exact) mass is 286 g/mol. The Morgan fingerprint density at radius 3 is 2.81 bits per heavy atom. The molecule has 1 saturated carbocycles. The Kier molecular flexibility index (Phi) is 3.08. The summed E-state index contributed by atoms with van der Waals surface area (Å²) in [4.78, 5) is 26.7.